The number of hydrogen-bond acceptors (Lipinski definition) is 5. The van der Waals surface area contributed by atoms with E-state index in [1.807, 2.05) is 37.8 Å². The van der Waals surface area contributed by atoms with Crippen molar-refractivity contribution >= 4 is 40.2 Å². The lowest BCUT2D eigenvalue weighted by atomic mass is 9.65. The molecule has 8 nitrogen and oxygen atoms in total. The van der Waals surface area contributed by atoms with Crippen LogP contribution < -0.4 is 10.2 Å². The van der Waals surface area contributed by atoms with Crippen LogP contribution in [0.5, 0.6) is 0 Å². The number of amides is 4. The van der Waals surface area contributed by atoms with Crippen molar-refractivity contribution in [1.29, 1.82) is 0 Å². The maximum atomic E-state index is 12.9. The van der Waals surface area contributed by atoms with E-state index in [9.17, 15) is 14.4 Å². The van der Waals surface area contributed by atoms with Gasteiger partial charge in [0.25, 0.3) is 0 Å². The molecule has 1 aromatic heterocycles. The fourth-order valence-corrected chi connectivity index (χ4v) is 5.72. The average Bonchev–Trinajstić information content (AvgIpc) is 2.83. The van der Waals surface area contributed by atoms with Crippen molar-refractivity contribution in [3.8, 4) is 0 Å². The molecule has 2 aromatic rings. The van der Waals surface area contributed by atoms with Gasteiger partial charge >= 0.3 is 12.1 Å². The maximum absolute atomic E-state index is 12.9. The van der Waals surface area contributed by atoms with E-state index in [-0.39, 0.29) is 23.8 Å². The molecule has 1 aliphatic carbocycles. The molecule has 1 saturated carbocycles. The summed E-state index contributed by atoms with van der Waals surface area (Å²) in [6.07, 6.45) is 9.46. The molecule has 1 spiro atoms. The van der Waals surface area contributed by atoms with Gasteiger partial charge in [0.05, 0.1) is 17.4 Å². The fraction of sp³-hybridized carbons (Fsp3) is 0.500. The van der Waals surface area contributed by atoms with E-state index in [0.717, 1.165) is 42.1 Å². The average molecular weight is 491 g/mol. The summed E-state index contributed by atoms with van der Waals surface area (Å²) in [7, 11) is 0. The third-order valence-electron chi connectivity index (χ3n) is 7.39. The Morgan fingerprint density at radius 3 is 2.61 bits per heavy atom. The van der Waals surface area contributed by atoms with Gasteiger partial charge in [0, 0.05) is 36.9 Å². The summed E-state index contributed by atoms with van der Waals surface area (Å²) in [4.78, 5) is 44.8. The second-order valence-corrected chi connectivity index (χ2v) is 11.2. The number of benzene rings is 1. The first-order valence-corrected chi connectivity index (χ1v) is 12.8. The Morgan fingerprint density at radius 2 is 1.89 bits per heavy atom. The molecule has 1 aromatic carbocycles. The maximum Gasteiger partial charge on any atom is 0.410 e. The first-order valence-electron chi connectivity index (χ1n) is 12.8. The van der Waals surface area contributed by atoms with Gasteiger partial charge in [-0.3, -0.25) is 20.0 Å². The first-order chi connectivity index (χ1) is 17.1. The van der Waals surface area contributed by atoms with Gasteiger partial charge in [0.15, 0.2) is 0 Å². The molecule has 0 unspecified atom stereocenters. The van der Waals surface area contributed by atoms with Gasteiger partial charge in [0.1, 0.15) is 5.60 Å². The number of imide groups is 1. The standard InChI is InChI=1S/C28H34N4O4/c1-27(2,3)36-26(35)31-13-9-22(28(18-31)11-5-4-6-12-28)19-7-8-23-20(15-19)16-21(17-29-23)32-14-10-24(33)30-25(32)34/h7-9,15-17H,4-6,10-14,18H2,1-3H3,(H,30,33,34). The number of carbonyl (C=O) groups excluding carboxylic acids is 3. The number of carbonyl (C=O) groups is 3. The largest absolute Gasteiger partial charge is 0.444 e. The van der Waals surface area contributed by atoms with Crippen molar-refractivity contribution in [2.45, 2.75) is 64.9 Å². The van der Waals surface area contributed by atoms with E-state index < -0.39 is 11.6 Å². The van der Waals surface area contributed by atoms with Crippen LogP contribution in [0, 0.1) is 5.41 Å². The third kappa shape index (κ3) is 4.81. The Kier molecular flexibility index (Phi) is 6.22. The van der Waals surface area contributed by atoms with Gasteiger partial charge in [0.2, 0.25) is 5.91 Å². The SMILES string of the molecule is CC(C)(C)OC(=O)N1CC=C(c2ccc3ncc(N4CCC(=O)NC4=O)cc3c2)C2(CCCCC2)C1. The minimum absolute atomic E-state index is 0.0980. The summed E-state index contributed by atoms with van der Waals surface area (Å²) >= 11 is 0. The van der Waals surface area contributed by atoms with E-state index in [1.165, 1.54) is 12.0 Å². The minimum Gasteiger partial charge on any atom is -0.444 e. The Labute approximate surface area is 211 Å². The summed E-state index contributed by atoms with van der Waals surface area (Å²) in [5.41, 5.74) is 3.31. The number of ether oxygens (including phenoxy) is 1. The molecule has 36 heavy (non-hydrogen) atoms. The second kappa shape index (κ2) is 9.22. The number of urea groups is 1. The number of aromatic nitrogens is 1. The molecular formula is C28H34N4O4. The number of fused-ring (bicyclic) bond motifs is 1. The first kappa shape index (κ1) is 24.3. The molecule has 8 heteroatoms. The molecule has 1 saturated heterocycles. The molecule has 0 atom stereocenters. The lowest BCUT2D eigenvalue weighted by Crippen LogP contribution is -2.49. The quantitative estimate of drug-likeness (QED) is 0.620. The Balaban J connectivity index is 1.48. The fourth-order valence-electron chi connectivity index (χ4n) is 5.72. The molecule has 0 radical (unpaired) electrons. The predicted octanol–water partition coefficient (Wildman–Crippen LogP) is 5.27. The van der Waals surface area contributed by atoms with Gasteiger partial charge in [-0.2, -0.15) is 0 Å². The van der Waals surface area contributed by atoms with Crippen molar-refractivity contribution < 1.29 is 19.1 Å². The highest BCUT2D eigenvalue weighted by molar-refractivity contribution is 6.06. The van der Waals surface area contributed by atoms with E-state index >= 15 is 0 Å². The second-order valence-electron chi connectivity index (χ2n) is 11.2. The lowest BCUT2D eigenvalue weighted by molar-refractivity contribution is -0.120. The van der Waals surface area contributed by atoms with Crippen molar-refractivity contribution in [3.63, 3.8) is 0 Å². The number of hydrogen-bond donors (Lipinski definition) is 1. The topological polar surface area (TPSA) is 91.8 Å². The number of nitrogens with one attached hydrogen (secondary N) is 1. The zero-order valence-corrected chi connectivity index (χ0v) is 21.3. The Morgan fingerprint density at radius 1 is 1.11 bits per heavy atom. The zero-order valence-electron chi connectivity index (χ0n) is 21.3. The molecule has 5 rings (SSSR count). The lowest BCUT2D eigenvalue weighted by Gasteiger charge is -2.46. The monoisotopic (exact) mass is 490 g/mol. The van der Waals surface area contributed by atoms with Gasteiger partial charge in [-0.25, -0.2) is 9.59 Å². The van der Waals surface area contributed by atoms with Crippen molar-refractivity contribution in [1.82, 2.24) is 15.2 Å². The van der Waals surface area contributed by atoms with Crippen LogP contribution in [0.1, 0.15) is 64.9 Å². The summed E-state index contributed by atoms with van der Waals surface area (Å²) in [6.45, 7) is 7.21. The Bertz CT molecular complexity index is 1240. The molecule has 0 bridgehead atoms. The number of anilines is 1. The van der Waals surface area contributed by atoms with Gasteiger partial charge in [-0.1, -0.05) is 31.4 Å². The molecule has 1 N–H and O–H groups in total. The van der Waals surface area contributed by atoms with Crippen LogP contribution >= 0.6 is 0 Å². The van der Waals surface area contributed by atoms with Crippen LogP contribution in [0.15, 0.2) is 36.5 Å². The third-order valence-corrected chi connectivity index (χ3v) is 7.39. The van der Waals surface area contributed by atoms with Crippen LogP contribution in [0.2, 0.25) is 0 Å². The summed E-state index contributed by atoms with van der Waals surface area (Å²) in [5.74, 6) is -0.255. The van der Waals surface area contributed by atoms with Crippen LogP contribution in [-0.2, 0) is 9.53 Å². The summed E-state index contributed by atoms with van der Waals surface area (Å²) in [5, 5.41) is 3.31. The van der Waals surface area contributed by atoms with Crippen molar-refractivity contribution in [3.05, 3.63) is 42.1 Å². The molecular weight excluding hydrogens is 456 g/mol. The van der Waals surface area contributed by atoms with Crippen molar-refractivity contribution in [2.24, 2.45) is 5.41 Å². The van der Waals surface area contributed by atoms with E-state index in [1.54, 1.807) is 11.1 Å². The van der Waals surface area contributed by atoms with Crippen LogP contribution in [0.4, 0.5) is 15.3 Å². The van der Waals surface area contributed by atoms with E-state index in [0.29, 0.717) is 25.3 Å². The minimum atomic E-state index is -0.525. The molecule has 4 amide bonds. The zero-order chi connectivity index (χ0) is 25.5. The summed E-state index contributed by atoms with van der Waals surface area (Å²) in [6, 6.07) is 7.83. The van der Waals surface area contributed by atoms with E-state index in [4.69, 9.17) is 4.74 Å². The van der Waals surface area contributed by atoms with Crippen LogP contribution in [0.3, 0.4) is 0 Å². The molecule has 2 fully saturated rings. The molecule has 3 heterocycles. The van der Waals surface area contributed by atoms with Gasteiger partial charge in [-0.15, -0.1) is 0 Å². The van der Waals surface area contributed by atoms with Crippen molar-refractivity contribution in [2.75, 3.05) is 24.5 Å². The smallest absolute Gasteiger partial charge is 0.410 e. The summed E-state index contributed by atoms with van der Waals surface area (Å²) < 4.78 is 5.69. The molecule has 3 aliphatic rings. The number of nitrogens with zero attached hydrogens (tertiary/aromatic N) is 3. The molecule has 2 aliphatic heterocycles. The molecule has 190 valence electrons. The Hall–Kier alpha value is -3.42. The normalized spacial score (nSPS) is 20.4. The van der Waals surface area contributed by atoms with Crippen LogP contribution in [-0.4, -0.2) is 53.2 Å². The van der Waals surface area contributed by atoms with Gasteiger partial charge < -0.3 is 9.64 Å². The number of pyridine rings is 1. The van der Waals surface area contributed by atoms with Crippen LogP contribution in [0.25, 0.3) is 16.5 Å². The highest BCUT2D eigenvalue weighted by Crippen LogP contribution is 2.49. The highest BCUT2D eigenvalue weighted by atomic mass is 16.6. The van der Waals surface area contributed by atoms with Gasteiger partial charge in [-0.05, 0) is 62.9 Å². The predicted molar refractivity (Wildman–Crippen MR) is 139 cm³/mol. The highest BCUT2D eigenvalue weighted by Gasteiger charge is 2.42. The number of rotatable bonds is 2. The van der Waals surface area contributed by atoms with E-state index in [2.05, 4.69) is 28.5 Å².